The van der Waals surface area contributed by atoms with Crippen molar-refractivity contribution in [1.29, 1.82) is 0 Å². The minimum atomic E-state index is -0.695. The molecule has 1 atom stereocenters. The number of amides is 1. The van der Waals surface area contributed by atoms with E-state index in [4.69, 9.17) is 0 Å². The van der Waals surface area contributed by atoms with Gasteiger partial charge in [-0.3, -0.25) is 14.9 Å². The molecule has 1 saturated carbocycles. The highest BCUT2D eigenvalue weighted by atomic mass is 32.1. The predicted molar refractivity (Wildman–Crippen MR) is 139 cm³/mol. The van der Waals surface area contributed by atoms with Crippen molar-refractivity contribution in [3.63, 3.8) is 0 Å². The van der Waals surface area contributed by atoms with Crippen LogP contribution < -0.4 is 5.32 Å². The Morgan fingerprint density at radius 1 is 1.03 bits per heavy atom. The van der Waals surface area contributed by atoms with Crippen LogP contribution in [0.2, 0.25) is 0 Å². The molecule has 4 rings (SSSR count). The van der Waals surface area contributed by atoms with E-state index in [0.29, 0.717) is 23.0 Å². The summed E-state index contributed by atoms with van der Waals surface area (Å²) in [5.74, 6) is -0.978. The van der Waals surface area contributed by atoms with Gasteiger partial charge in [-0.2, -0.15) is 0 Å². The van der Waals surface area contributed by atoms with Crippen molar-refractivity contribution in [1.82, 2.24) is 10.2 Å². The fraction of sp³-hybridized carbons (Fsp3) is 0.429. The molecule has 1 unspecified atom stereocenters. The van der Waals surface area contributed by atoms with Gasteiger partial charge in [0.25, 0.3) is 5.91 Å². The third-order valence-electron chi connectivity index (χ3n) is 7.04. The number of aliphatic carboxylic acids is 1. The van der Waals surface area contributed by atoms with Crippen molar-refractivity contribution in [3.05, 3.63) is 76.0 Å². The van der Waals surface area contributed by atoms with Gasteiger partial charge in [-0.05, 0) is 78.3 Å². The Hall–Kier alpha value is -3.13. The maximum absolute atomic E-state index is 13.1. The molecule has 0 aliphatic heterocycles. The molecule has 1 heterocycles. The first-order valence-electron chi connectivity index (χ1n) is 12.3. The van der Waals surface area contributed by atoms with Crippen LogP contribution >= 0.6 is 11.3 Å². The number of carboxylic acids is 1. The molecule has 2 N–H and O–H groups in total. The molecule has 1 fully saturated rings. The number of aromatic nitrogens is 2. The number of rotatable bonds is 7. The van der Waals surface area contributed by atoms with Crippen LogP contribution in [0.1, 0.15) is 78.9 Å². The minimum absolute atomic E-state index is 0.198. The molecule has 190 valence electrons. The first-order valence-corrected chi connectivity index (χ1v) is 13.1. The normalized spacial score (nSPS) is 19.0. The zero-order chi connectivity index (χ0) is 25.9. The fourth-order valence-corrected chi connectivity index (χ4v) is 6.06. The number of nitrogens with one attached hydrogen (secondary N) is 1. The summed E-state index contributed by atoms with van der Waals surface area (Å²) in [4.78, 5) is 24.6. The van der Waals surface area contributed by atoms with Gasteiger partial charge in [0, 0.05) is 12.0 Å². The Labute approximate surface area is 215 Å². The molecule has 1 aromatic heterocycles. The third kappa shape index (κ3) is 6.35. The number of carbonyl (C=O) groups excluding carboxylic acids is 1. The van der Waals surface area contributed by atoms with Crippen LogP contribution in [0.4, 0.5) is 9.52 Å². The fourth-order valence-electron chi connectivity index (χ4n) is 5.29. The van der Waals surface area contributed by atoms with E-state index in [1.54, 1.807) is 12.1 Å². The highest BCUT2D eigenvalue weighted by Crippen LogP contribution is 2.44. The zero-order valence-electron chi connectivity index (χ0n) is 20.8. The summed E-state index contributed by atoms with van der Waals surface area (Å²) >= 11 is 1.30. The standard InChI is InChI=1S/C28H32FN3O3S/c1-28(2,3)24(26(34)35)20-10-6-18(7-11-20)19-8-12-21(13-9-19)25(33)30-27-32-31-23(36-27)16-17-4-14-22(29)15-5-17/h4-5,8-9,12-15,18,20,24H,6-7,10-11,16H2,1-3H3,(H,34,35)(H,30,32,33). The lowest BCUT2D eigenvalue weighted by atomic mass is 9.66. The monoisotopic (exact) mass is 509 g/mol. The Balaban J connectivity index is 1.32. The maximum Gasteiger partial charge on any atom is 0.307 e. The van der Waals surface area contributed by atoms with Crippen LogP contribution in [0.5, 0.6) is 0 Å². The zero-order valence-corrected chi connectivity index (χ0v) is 21.6. The van der Waals surface area contributed by atoms with Crippen LogP contribution in [0.25, 0.3) is 0 Å². The number of carboxylic acid groups (broad SMARTS) is 1. The molecule has 8 heteroatoms. The average molecular weight is 510 g/mol. The Bertz CT molecular complexity index is 1190. The van der Waals surface area contributed by atoms with Crippen molar-refractivity contribution in [3.8, 4) is 0 Å². The summed E-state index contributed by atoms with van der Waals surface area (Å²) < 4.78 is 13.1. The molecular weight excluding hydrogens is 477 g/mol. The third-order valence-corrected chi connectivity index (χ3v) is 7.88. The number of anilines is 1. The second kappa shape index (κ2) is 10.9. The van der Waals surface area contributed by atoms with Gasteiger partial charge in [0.1, 0.15) is 10.8 Å². The van der Waals surface area contributed by atoms with Crippen LogP contribution in [-0.4, -0.2) is 27.2 Å². The number of hydrogen-bond donors (Lipinski definition) is 2. The molecule has 36 heavy (non-hydrogen) atoms. The maximum atomic E-state index is 13.1. The molecule has 6 nitrogen and oxygen atoms in total. The number of halogens is 1. The molecule has 3 aromatic rings. The summed E-state index contributed by atoms with van der Waals surface area (Å²) in [6.45, 7) is 6.03. The second-order valence-electron chi connectivity index (χ2n) is 10.7. The van der Waals surface area contributed by atoms with Crippen LogP contribution in [0.3, 0.4) is 0 Å². The molecule has 0 bridgehead atoms. The van der Waals surface area contributed by atoms with Gasteiger partial charge in [0.15, 0.2) is 0 Å². The summed E-state index contributed by atoms with van der Waals surface area (Å²) in [5, 5.41) is 21.9. The van der Waals surface area contributed by atoms with E-state index in [0.717, 1.165) is 36.3 Å². The Kier molecular flexibility index (Phi) is 7.83. The van der Waals surface area contributed by atoms with Crippen molar-refractivity contribution < 1.29 is 19.1 Å². The average Bonchev–Trinajstić information content (AvgIpc) is 3.26. The lowest BCUT2D eigenvalue weighted by molar-refractivity contribution is -0.149. The van der Waals surface area contributed by atoms with Crippen molar-refractivity contribution in [2.45, 2.75) is 58.8 Å². The highest BCUT2D eigenvalue weighted by molar-refractivity contribution is 7.15. The molecule has 2 aromatic carbocycles. The molecular formula is C28H32FN3O3S. The summed E-state index contributed by atoms with van der Waals surface area (Å²) in [7, 11) is 0. The Morgan fingerprint density at radius 2 is 1.67 bits per heavy atom. The van der Waals surface area contributed by atoms with Gasteiger partial charge >= 0.3 is 5.97 Å². The molecule has 0 spiro atoms. The van der Waals surface area contributed by atoms with E-state index in [-0.39, 0.29) is 29.0 Å². The van der Waals surface area contributed by atoms with E-state index >= 15 is 0 Å². The van der Waals surface area contributed by atoms with Gasteiger partial charge < -0.3 is 5.11 Å². The highest BCUT2D eigenvalue weighted by Gasteiger charge is 2.39. The summed E-state index contributed by atoms with van der Waals surface area (Å²) in [6, 6.07) is 13.9. The molecule has 1 amide bonds. The molecule has 0 radical (unpaired) electrons. The van der Waals surface area contributed by atoms with E-state index < -0.39 is 5.97 Å². The molecule has 1 aliphatic carbocycles. The number of benzene rings is 2. The van der Waals surface area contributed by atoms with E-state index in [2.05, 4.69) is 15.5 Å². The first-order chi connectivity index (χ1) is 17.1. The van der Waals surface area contributed by atoms with Gasteiger partial charge in [-0.25, -0.2) is 4.39 Å². The van der Waals surface area contributed by atoms with Gasteiger partial charge in [0.2, 0.25) is 5.13 Å². The summed E-state index contributed by atoms with van der Waals surface area (Å²) in [5.41, 5.74) is 2.39. The van der Waals surface area contributed by atoms with Gasteiger partial charge in [-0.15, -0.1) is 10.2 Å². The topological polar surface area (TPSA) is 92.2 Å². The smallest absolute Gasteiger partial charge is 0.307 e. The second-order valence-corrected chi connectivity index (χ2v) is 11.7. The van der Waals surface area contributed by atoms with Crippen molar-refractivity contribution in [2.24, 2.45) is 17.3 Å². The van der Waals surface area contributed by atoms with E-state index in [1.165, 1.54) is 29.0 Å². The van der Waals surface area contributed by atoms with Crippen LogP contribution in [-0.2, 0) is 11.2 Å². The lowest BCUT2D eigenvalue weighted by Crippen LogP contribution is -2.36. The number of carbonyl (C=O) groups is 2. The van der Waals surface area contributed by atoms with Crippen LogP contribution in [0, 0.1) is 23.1 Å². The van der Waals surface area contributed by atoms with Crippen molar-refractivity contribution in [2.75, 3.05) is 5.32 Å². The number of hydrogen-bond acceptors (Lipinski definition) is 5. The Morgan fingerprint density at radius 3 is 2.25 bits per heavy atom. The predicted octanol–water partition coefficient (Wildman–Crippen LogP) is 6.54. The number of nitrogens with zero attached hydrogens (tertiary/aromatic N) is 2. The molecule has 0 saturated heterocycles. The largest absolute Gasteiger partial charge is 0.481 e. The van der Waals surface area contributed by atoms with E-state index in [9.17, 15) is 19.1 Å². The van der Waals surface area contributed by atoms with Crippen LogP contribution in [0.15, 0.2) is 48.5 Å². The molecule has 1 aliphatic rings. The van der Waals surface area contributed by atoms with Gasteiger partial charge in [0.05, 0.1) is 5.92 Å². The first kappa shape index (κ1) is 25.9. The van der Waals surface area contributed by atoms with E-state index in [1.807, 2.05) is 45.0 Å². The summed E-state index contributed by atoms with van der Waals surface area (Å²) in [6.07, 6.45) is 4.24. The minimum Gasteiger partial charge on any atom is -0.481 e. The lowest BCUT2D eigenvalue weighted by Gasteiger charge is -2.38. The quantitative estimate of drug-likeness (QED) is 0.377. The van der Waals surface area contributed by atoms with Gasteiger partial charge in [-0.1, -0.05) is 56.4 Å². The van der Waals surface area contributed by atoms with Crippen molar-refractivity contribution >= 4 is 28.3 Å². The SMILES string of the molecule is CC(C)(C)C(C(=O)O)C1CCC(c2ccc(C(=O)Nc3nnc(Cc4ccc(F)cc4)s3)cc2)CC1.